The highest BCUT2D eigenvalue weighted by atomic mass is 19.1. The molecule has 0 spiro atoms. The van der Waals surface area contributed by atoms with E-state index in [1.54, 1.807) is 6.07 Å². The summed E-state index contributed by atoms with van der Waals surface area (Å²) in [4.78, 5) is 0. The van der Waals surface area contributed by atoms with Gasteiger partial charge in [0.2, 0.25) is 0 Å². The minimum absolute atomic E-state index is 0.142. The molecule has 2 N–H and O–H groups in total. The molecule has 4 nitrogen and oxygen atoms in total. The summed E-state index contributed by atoms with van der Waals surface area (Å²) < 4.78 is 15.4. The van der Waals surface area contributed by atoms with Crippen molar-refractivity contribution in [3.8, 4) is 6.07 Å². The van der Waals surface area contributed by atoms with Crippen molar-refractivity contribution in [3.05, 3.63) is 83.2 Å². The molecule has 3 aromatic rings. The van der Waals surface area contributed by atoms with E-state index in [-0.39, 0.29) is 17.1 Å². The summed E-state index contributed by atoms with van der Waals surface area (Å²) in [5.74, 6) is -0.103. The van der Waals surface area contributed by atoms with Crippen LogP contribution in [0.25, 0.3) is 10.8 Å². The number of nitriles is 1. The fourth-order valence-corrected chi connectivity index (χ4v) is 4.54. The maximum atomic E-state index is 13.5. The summed E-state index contributed by atoms with van der Waals surface area (Å²) in [6.45, 7) is 2.34. The van der Waals surface area contributed by atoms with Crippen molar-refractivity contribution >= 4 is 16.7 Å². The molecular weight excluding hydrogens is 377 g/mol. The summed E-state index contributed by atoms with van der Waals surface area (Å²) >= 11 is 0. The molecule has 4 rings (SSSR count). The van der Waals surface area contributed by atoms with Crippen molar-refractivity contribution in [2.75, 3.05) is 26.7 Å². The Morgan fingerprint density at radius 2 is 1.83 bits per heavy atom. The maximum absolute atomic E-state index is 13.5. The number of hydrogen-bond donors (Lipinski definition) is 2. The third-order valence-corrected chi connectivity index (χ3v) is 6.15. The van der Waals surface area contributed by atoms with Crippen LogP contribution in [0.3, 0.4) is 0 Å². The van der Waals surface area contributed by atoms with Crippen LogP contribution in [0.2, 0.25) is 0 Å². The van der Waals surface area contributed by atoms with Crippen molar-refractivity contribution in [3.63, 3.8) is 0 Å². The number of fused-ring (bicyclic) bond motifs is 1. The Morgan fingerprint density at radius 3 is 2.53 bits per heavy atom. The van der Waals surface area contributed by atoms with E-state index >= 15 is 0 Å². The van der Waals surface area contributed by atoms with Crippen molar-refractivity contribution in [1.29, 1.82) is 5.26 Å². The number of nitrogens with zero attached hydrogens (tertiary/aromatic N) is 2. The topological polar surface area (TPSA) is 59.1 Å². The van der Waals surface area contributed by atoms with Gasteiger partial charge in [0.05, 0.1) is 22.6 Å². The lowest BCUT2D eigenvalue weighted by Gasteiger charge is -2.36. The average Bonchev–Trinajstić information content (AvgIpc) is 2.78. The normalized spacial score (nSPS) is 16.7. The zero-order chi connectivity index (χ0) is 21.1. The first-order chi connectivity index (χ1) is 14.5. The van der Waals surface area contributed by atoms with Crippen molar-refractivity contribution in [2.24, 2.45) is 0 Å². The molecule has 0 unspecified atom stereocenters. The smallest absolute Gasteiger partial charge is 0.367 e. The predicted molar refractivity (Wildman–Crippen MR) is 117 cm³/mol. The number of nitrogens with one attached hydrogen (secondary N) is 1. The number of rotatable bonds is 4. The molecule has 0 atom stereocenters. The number of hydrogen-bond acceptors (Lipinski definition) is 2. The molecule has 0 aromatic heterocycles. The van der Waals surface area contributed by atoms with E-state index < -0.39 is 0 Å². The monoisotopic (exact) mass is 402 g/mol. The number of benzene rings is 3. The summed E-state index contributed by atoms with van der Waals surface area (Å²) in [6, 6.07) is 20.2. The van der Waals surface area contributed by atoms with Gasteiger partial charge >= 0.3 is 5.90 Å². The van der Waals surface area contributed by atoms with Crippen LogP contribution < -0.4 is 5.32 Å². The first-order valence-corrected chi connectivity index (χ1v) is 10.2. The van der Waals surface area contributed by atoms with Gasteiger partial charge in [0.15, 0.2) is 6.54 Å². The molecule has 0 radical (unpaired) electrons. The van der Waals surface area contributed by atoms with Crippen LogP contribution in [-0.4, -0.2) is 42.3 Å². The summed E-state index contributed by atoms with van der Waals surface area (Å²) in [5.41, 5.74) is 2.06. The molecule has 0 saturated carbocycles. The fraction of sp³-hybridized carbons (Fsp3) is 0.280. The van der Waals surface area contributed by atoms with E-state index in [9.17, 15) is 14.8 Å². The lowest BCUT2D eigenvalue weighted by Crippen LogP contribution is -2.46. The molecule has 1 aliphatic heterocycles. The van der Waals surface area contributed by atoms with Gasteiger partial charge in [0.25, 0.3) is 0 Å². The molecule has 3 aromatic carbocycles. The van der Waals surface area contributed by atoms with Crippen LogP contribution in [-0.2, 0) is 5.41 Å². The Bertz CT molecular complexity index is 1140. The lowest BCUT2D eigenvalue weighted by molar-refractivity contribution is -0.515. The largest absolute Gasteiger partial charge is 0.460 e. The Hall–Kier alpha value is -3.23. The number of halogens is 1. The van der Waals surface area contributed by atoms with E-state index in [1.165, 1.54) is 12.1 Å². The highest BCUT2D eigenvalue weighted by Crippen LogP contribution is 2.34. The highest BCUT2D eigenvalue weighted by molar-refractivity contribution is 6.04. The van der Waals surface area contributed by atoms with Crippen LogP contribution in [0.4, 0.5) is 4.39 Å². The van der Waals surface area contributed by atoms with Crippen LogP contribution in [0.5, 0.6) is 0 Å². The van der Waals surface area contributed by atoms with E-state index in [2.05, 4.69) is 11.4 Å². The van der Waals surface area contributed by atoms with Crippen molar-refractivity contribution in [1.82, 2.24) is 5.32 Å². The zero-order valence-corrected chi connectivity index (χ0v) is 17.0. The Morgan fingerprint density at radius 1 is 1.13 bits per heavy atom. The van der Waals surface area contributed by atoms with Crippen molar-refractivity contribution < 1.29 is 14.1 Å². The second-order valence-corrected chi connectivity index (χ2v) is 8.07. The fourth-order valence-electron chi connectivity index (χ4n) is 4.54. The quantitative estimate of drug-likeness (QED) is 0.392. The third-order valence-electron chi connectivity index (χ3n) is 6.15. The standard InChI is InChI=1S/C25H24FN3O/c1-29(17-25(10-12-28-13-11-25)20-6-8-21(26)9-7-20)24(30)23-15-18(16-27)14-19-4-2-3-5-22(19)23/h2-9,14-15,28H,10-13,17H2,1H3/p+1. The van der Waals surface area contributed by atoms with Crippen molar-refractivity contribution in [2.45, 2.75) is 18.3 Å². The second-order valence-electron chi connectivity index (χ2n) is 8.07. The number of aliphatic hydroxyl groups is 1. The van der Waals surface area contributed by atoms with Gasteiger partial charge in [-0.15, -0.1) is 0 Å². The highest BCUT2D eigenvalue weighted by Gasteiger charge is 2.38. The minimum Gasteiger partial charge on any atom is -0.460 e. The molecule has 1 aliphatic rings. The van der Waals surface area contributed by atoms with E-state index in [4.69, 9.17) is 0 Å². The molecular formula is C25H25FN3O+. The van der Waals surface area contributed by atoms with Crippen LogP contribution in [0.1, 0.15) is 29.5 Å². The molecule has 30 heavy (non-hydrogen) atoms. The molecule has 5 heteroatoms. The Balaban J connectivity index is 1.79. The summed E-state index contributed by atoms with van der Waals surface area (Å²) in [7, 11) is 1.87. The van der Waals surface area contributed by atoms with E-state index in [1.807, 2.05) is 54.1 Å². The maximum Gasteiger partial charge on any atom is 0.367 e. The lowest BCUT2D eigenvalue weighted by atomic mass is 9.73. The van der Waals surface area contributed by atoms with Crippen LogP contribution in [0.15, 0.2) is 60.7 Å². The van der Waals surface area contributed by atoms with Gasteiger partial charge in [-0.3, -0.25) is 0 Å². The van der Waals surface area contributed by atoms with Gasteiger partial charge in [-0.2, -0.15) is 9.84 Å². The molecule has 1 heterocycles. The summed E-state index contributed by atoms with van der Waals surface area (Å²) in [6.07, 6.45) is 1.80. The van der Waals surface area contributed by atoms with Gasteiger partial charge < -0.3 is 10.4 Å². The van der Waals surface area contributed by atoms with Gasteiger partial charge in [-0.1, -0.05) is 36.4 Å². The Labute approximate surface area is 175 Å². The predicted octanol–water partition coefficient (Wildman–Crippen LogP) is 4.12. The van der Waals surface area contributed by atoms with Gasteiger partial charge in [-0.05, 0) is 66.5 Å². The van der Waals surface area contributed by atoms with Gasteiger partial charge in [0, 0.05) is 0 Å². The SMILES string of the molecule is C[N+](CC1(c2ccc(F)cc2)CCNCC1)=C(O)c1cc(C#N)cc2ccccc12. The second kappa shape index (κ2) is 8.25. The van der Waals surface area contributed by atoms with E-state index in [0.29, 0.717) is 17.7 Å². The minimum atomic E-state index is -0.245. The molecule has 0 aliphatic carbocycles. The van der Waals surface area contributed by atoms with Gasteiger partial charge in [-0.25, -0.2) is 4.39 Å². The average molecular weight is 402 g/mol. The molecule has 0 amide bonds. The molecule has 0 bridgehead atoms. The zero-order valence-electron chi connectivity index (χ0n) is 17.0. The number of piperidine rings is 1. The van der Waals surface area contributed by atoms with Crippen LogP contribution in [0, 0.1) is 17.1 Å². The number of likely N-dealkylation sites (N-methyl/N-ethyl adjacent to an activating group) is 1. The van der Waals surface area contributed by atoms with Crippen LogP contribution >= 0.6 is 0 Å². The Kier molecular flexibility index (Phi) is 5.52. The van der Waals surface area contributed by atoms with Gasteiger partial charge in [0.1, 0.15) is 12.9 Å². The van der Waals surface area contributed by atoms with E-state index in [0.717, 1.165) is 42.3 Å². The summed E-state index contributed by atoms with van der Waals surface area (Å²) in [5, 5.41) is 25.8. The number of aliphatic hydroxyl groups excluding tert-OH is 1. The molecule has 1 saturated heterocycles. The first-order valence-electron chi connectivity index (χ1n) is 10.2. The molecule has 1 fully saturated rings. The first kappa shape index (κ1) is 20.1. The third kappa shape index (κ3) is 3.79. The molecule has 152 valence electrons.